The summed E-state index contributed by atoms with van der Waals surface area (Å²) in [5, 5.41) is 9.43. The van der Waals surface area contributed by atoms with E-state index >= 15 is 0 Å². The molecule has 0 radical (unpaired) electrons. The number of nitrogens with zero attached hydrogens (tertiary/aromatic N) is 3. The Labute approximate surface area is 158 Å². The number of amides is 1. The Bertz CT molecular complexity index is 940. The molecule has 0 bridgehead atoms. The molecule has 0 spiro atoms. The van der Waals surface area contributed by atoms with Crippen LogP contribution in [0.5, 0.6) is 5.75 Å². The highest BCUT2D eigenvalue weighted by Gasteiger charge is 2.27. The van der Waals surface area contributed by atoms with Crippen molar-refractivity contribution in [2.75, 3.05) is 6.54 Å². The molecular weight excluding hydrogens is 338 g/mol. The molecule has 1 saturated heterocycles. The summed E-state index contributed by atoms with van der Waals surface area (Å²) in [5.74, 6) is 0.366. The molecule has 5 nitrogen and oxygen atoms in total. The van der Waals surface area contributed by atoms with E-state index in [9.17, 15) is 9.90 Å². The van der Waals surface area contributed by atoms with Crippen LogP contribution in [0, 0.1) is 0 Å². The number of phenolic OH excluding ortho intramolecular Hbond substituents is 1. The fourth-order valence-corrected chi connectivity index (χ4v) is 3.83. The SMILES string of the molecule is O=C(c1ccc2nccnc2c1)N1CCCC[C@@H]1CCc1ccc(O)cc1. The Morgan fingerprint density at radius 3 is 2.63 bits per heavy atom. The molecule has 1 amide bonds. The Balaban J connectivity index is 1.50. The van der Waals surface area contributed by atoms with Crippen LogP contribution in [0.25, 0.3) is 11.0 Å². The third-order valence-electron chi connectivity index (χ3n) is 5.31. The molecule has 27 heavy (non-hydrogen) atoms. The van der Waals surface area contributed by atoms with Crippen molar-refractivity contribution < 1.29 is 9.90 Å². The van der Waals surface area contributed by atoms with Gasteiger partial charge in [0.2, 0.25) is 0 Å². The van der Waals surface area contributed by atoms with E-state index in [0.717, 1.165) is 49.7 Å². The molecule has 1 N–H and O–H groups in total. The van der Waals surface area contributed by atoms with Gasteiger partial charge in [0.15, 0.2) is 0 Å². The van der Waals surface area contributed by atoms with Crippen molar-refractivity contribution in [1.82, 2.24) is 14.9 Å². The Morgan fingerprint density at radius 2 is 1.81 bits per heavy atom. The molecule has 4 rings (SSSR count). The van der Waals surface area contributed by atoms with Crippen LogP contribution >= 0.6 is 0 Å². The molecule has 5 heteroatoms. The summed E-state index contributed by atoms with van der Waals surface area (Å²) in [7, 11) is 0. The normalized spacial score (nSPS) is 17.2. The molecule has 1 aliphatic rings. The second-order valence-corrected chi connectivity index (χ2v) is 7.11. The maximum atomic E-state index is 13.2. The molecule has 2 heterocycles. The van der Waals surface area contributed by atoms with Gasteiger partial charge in [0, 0.05) is 30.5 Å². The van der Waals surface area contributed by atoms with Crippen molar-refractivity contribution in [2.24, 2.45) is 0 Å². The van der Waals surface area contributed by atoms with Gasteiger partial charge in [0.1, 0.15) is 5.75 Å². The van der Waals surface area contributed by atoms with Crippen LogP contribution < -0.4 is 0 Å². The predicted octanol–water partition coefficient (Wildman–Crippen LogP) is 3.96. The standard InChI is InChI=1S/C22H23N3O2/c26-19-9-5-16(6-10-19)4-8-18-3-1-2-14-25(18)22(27)17-7-11-20-21(15-17)24-13-12-23-20/h5-7,9-13,15,18,26H,1-4,8,14H2/t18-/m1/s1. The van der Waals surface area contributed by atoms with Crippen LogP contribution in [-0.2, 0) is 6.42 Å². The quantitative estimate of drug-likeness (QED) is 0.764. The Morgan fingerprint density at radius 1 is 1.04 bits per heavy atom. The van der Waals surface area contributed by atoms with Crippen LogP contribution in [-0.4, -0.2) is 38.5 Å². The van der Waals surface area contributed by atoms with E-state index in [2.05, 4.69) is 9.97 Å². The topological polar surface area (TPSA) is 66.3 Å². The van der Waals surface area contributed by atoms with Crippen molar-refractivity contribution in [3.63, 3.8) is 0 Å². The second kappa shape index (κ2) is 7.74. The van der Waals surface area contributed by atoms with Gasteiger partial charge in [-0.25, -0.2) is 0 Å². The van der Waals surface area contributed by atoms with Crippen LogP contribution in [0.1, 0.15) is 41.6 Å². The maximum Gasteiger partial charge on any atom is 0.254 e. The van der Waals surface area contributed by atoms with E-state index in [1.54, 1.807) is 24.5 Å². The molecule has 1 atom stereocenters. The largest absolute Gasteiger partial charge is 0.508 e. The van der Waals surface area contributed by atoms with E-state index in [4.69, 9.17) is 0 Å². The van der Waals surface area contributed by atoms with Gasteiger partial charge in [-0.1, -0.05) is 12.1 Å². The third kappa shape index (κ3) is 3.92. The Hall–Kier alpha value is -2.95. The van der Waals surface area contributed by atoms with Crippen LogP contribution in [0.4, 0.5) is 0 Å². The number of phenols is 1. The van der Waals surface area contributed by atoms with Crippen molar-refractivity contribution in [1.29, 1.82) is 0 Å². The predicted molar refractivity (Wildman–Crippen MR) is 105 cm³/mol. The van der Waals surface area contributed by atoms with Gasteiger partial charge in [-0.3, -0.25) is 14.8 Å². The highest BCUT2D eigenvalue weighted by Crippen LogP contribution is 2.24. The van der Waals surface area contributed by atoms with Gasteiger partial charge in [0.05, 0.1) is 11.0 Å². The first-order valence-corrected chi connectivity index (χ1v) is 9.50. The average molecular weight is 361 g/mol. The number of aromatic nitrogens is 2. The number of hydrogen-bond acceptors (Lipinski definition) is 4. The van der Waals surface area contributed by atoms with Gasteiger partial charge in [-0.2, -0.15) is 0 Å². The van der Waals surface area contributed by atoms with Crippen LogP contribution in [0.15, 0.2) is 54.9 Å². The fraction of sp³-hybridized carbons (Fsp3) is 0.318. The summed E-state index contributed by atoms with van der Waals surface area (Å²) in [6, 6.07) is 13.1. The van der Waals surface area contributed by atoms with E-state index in [-0.39, 0.29) is 17.7 Å². The number of carbonyl (C=O) groups is 1. The van der Waals surface area contributed by atoms with E-state index in [1.165, 1.54) is 5.56 Å². The number of piperidine rings is 1. The molecule has 138 valence electrons. The van der Waals surface area contributed by atoms with Gasteiger partial charge >= 0.3 is 0 Å². The van der Waals surface area contributed by atoms with E-state index in [1.807, 2.05) is 35.2 Å². The number of rotatable bonds is 4. The van der Waals surface area contributed by atoms with Gasteiger partial charge in [0.25, 0.3) is 5.91 Å². The summed E-state index contributed by atoms with van der Waals surface area (Å²) in [5.41, 5.74) is 3.42. The number of benzene rings is 2. The minimum atomic E-state index is 0.0814. The number of carbonyl (C=O) groups excluding carboxylic acids is 1. The van der Waals surface area contributed by atoms with Crippen molar-refractivity contribution in [2.45, 2.75) is 38.1 Å². The third-order valence-corrected chi connectivity index (χ3v) is 5.31. The summed E-state index contributed by atoms with van der Waals surface area (Å²) in [6.07, 6.45) is 8.40. The average Bonchev–Trinajstić information content (AvgIpc) is 2.73. The molecule has 1 aliphatic heterocycles. The van der Waals surface area contributed by atoms with Crippen molar-refractivity contribution in [3.05, 3.63) is 66.0 Å². The molecule has 2 aromatic carbocycles. The zero-order valence-corrected chi connectivity index (χ0v) is 15.2. The summed E-state index contributed by atoms with van der Waals surface area (Å²) < 4.78 is 0. The summed E-state index contributed by atoms with van der Waals surface area (Å²) >= 11 is 0. The first-order chi connectivity index (χ1) is 13.2. The first kappa shape index (κ1) is 17.5. The molecular formula is C22H23N3O2. The number of fused-ring (bicyclic) bond motifs is 1. The molecule has 1 fully saturated rings. The minimum absolute atomic E-state index is 0.0814. The molecule has 0 unspecified atom stereocenters. The number of hydrogen-bond donors (Lipinski definition) is 1. The zero-order valence-electron chi connectivity index (χ0n) is 15.2. The second-order valence-electron chi connectivity index (χ2n) is 7.11. The molecule has 0 saturated carbocycles. The molecule has 1 aromatic heterocycles. The number of likely N-dealkylation sites (tertiary alicyclic amines) is 1. The maximum absolute atomic E-state index is 13.2. The zero-order chi connectivity index (χ0) is 18.6. The lowest BCUT2D eigenvalue weighted by Crippen LogP contribution is -2.44. The van der Waals surface area contributed by atoms with Crippen molar-refractivity contribution >= 4 is 16.9 Å². The van der Waals surface area contributed by atoms with Crippen LogP contribution in [0.2, 0.25) is 0 Å². The van der Waals surface area contributed by atoms with E-state index < -0.39 is 0 Å². The summed E-state index contributed by atoms with van der Waals surface area (Å²) in [4.78, 5) is 23.8. The van der Waals surface area contributed by atoms with Gasteiger partial charge in [-0.05, 0) is 68.0 Å². The first-order valence-electron chi connectivity index (χ1n) is 9.50. The number of aryl methyl sites for hydroxylation is 1. The molecule has 0 aliphatic carbocycles. The lowest BCUT2D eigenvalue weighted by atomic mass is 9.95. The van der Waals surface area contributed by atoms with Gasteiger partial charge < -0.3 is 10.0 Å². The molecule has 3 aromatic rings. The Kier molecular flexibility index (Phi) is 5.01. The van der Waals surface area contributed by atoms with Gasteiger partial charge in [-0.15, -0.1) is 0 Å². The van der Waals surface area contributed by atoms with Crippen LogP contribution in [0.3, 0.4) is 0 Å². The monoisotopic (exact) mass is 361 g/mol. The minimum Gasteiger partial charge on any atom is -0.508 e. The number of aromatic hydroxyl groups is 1. The lowest BCUT2D eigenvalue weighted by molar-refractivity contribution is 0.0602. The van der Waals surface area contributed by atoms with Crippen molar-refractivity contribution in [3.8, 4) is 5.75 Å². The fourth-order valence-electron chi connectivity index (χ4n) is 3.83. The van der Waals surface area contributed by atoms with E-state index in [0.29, 0.717) is 5.56 Å². The smallest absolute Gasteiger partial charge is 0.254 e. The summed E-state index contributed by atoms with van der Waals surface area (Å²) in [6.45, 7) is 0.803. The highest BCUT2D eigenvalue weighted by atomic mass is 16.3. The highest BCUT2D eigenvalue weighted by molar-refractivity contribution is 5.97. The lowest BCUT2D eigenvalue weighted by Gasteiger charge is -2.36.